The van der Waals surface area contributed by atoms with Gasteiger partial charge in [0, 0.05) is 12.8 Å². The van der Waals surface area contributed by atoms with E-state index in [4.69, 9.17) is 9.47 Å². The quantitative estimate of drug-likeness (QED) is 0.454. The number of hydrogen-bond acceptors (Lipinski definition) is 3. The van der Waals surface area contributed by atoms with E-state index in [1.54, 1.807) is 6.08 Å². The maximum atomic E-state index is 10.2. The summed E-state index contributed by atoms with van der Waals surface area (Å²) in [5.41, 5.74) is 1.22. The molecule has 0 bridgehead atoms. The fourth-order valence-electron chi connectivity index (χ4n) is 2.00. The van der Waals surface area contributed by atoms with E-state index in [1.807, 2.05) is 0 Å². The maximum absolute atomic E-state index is 10.2. The van der Waals surface area contributed by atoms with Gasteiger partial charge in [0.15, 0.2) is 5.79 Å². The average Bonchev–Trinajstić information content (AvgIpc) is 2.59. The van der Waals surface area contributed by atoms with Crippen molar-refractivity contribution in [3.63, 3.8) is 0 Å². The van der Waals surface area contributed by atoms with Gasteiger partial charge in [0.05, 0.1) is 13.2 Å². The summed E-state index contributed by atoms with van der Waals surface area (Å²) in [6.07, 6.45) is 6.18. The van der Waals surface area contributed by atoms with Crippen molar-refractivity contribution in [1.82, 2.24) is 0 Å². The third kappa shape index (κ3) is 1.81. The zero-order chi connectivity index (χ0) is 9.15. The molecule has 1 spiro atoms. The molecule has 0 aromatic heterocycles. The van der Waals surface area contributed by atoms with Gasteiger partial charge in [-0.15, -0.1) is 0 Å². The van der Waals surface area contributed by atoms with E-state index in [9.17, 15) is 4.79 Å². The molecule has 1 saturated carbocycles. The van der Waals surface area contributed by atoms with Crippen molar-refractivity contribution in [2.24, 2.45) is 0 Å². The predicted octanol–water partition coefficient (Wildman–Crippen LogP) is 1.43. The van der Waals surface area contributed by atoms with Gasteiger partial charge in [0.1, 0.15) is 6.29 Å². The highest BCUT2D eigenvalue weighted by Crippen LogP contribution is 2.37. The number of carbonyl (C=O) groups is 1. The van der Waals surface area contributed by atoms with Crippen LogP contribution in [0.1, 0.15) is 25.7 Å². The van der Waals surface area contributed by atoms with Gasteiger partial charge in [-0.3, -0.25) is 4.79 Å². The summed E-state index contributed by atoms with van der Waals surface area (Å²) in [7, 11) is 0. The molecule has 1 aliphatic heterocycles. The van der Waals surface area contributed by atoms with Gasteiger partial charge in [-0.05, 0) is 18.9 Å². The van der Waals surface area contributed by atoms with Crippen LogP contribution in [-0.4, -0.2) is 25.3 Å². The summed E-state index contributed by atoms with van der Waals surface area (Å²) in [4.78, 5) is 10.2. The lowest BCUT2D eigenvalue weighted by molar-refractivity contribution is -0.171. The fourth-order valence-corrected chi connectivity index (χ4v) is 2.00. The normalized spacial score (nSPS) is 26.3. The SMILES string of the molecule is O=CC=C1CCC2(CC1)OCCO2. The molecule has 13 heavy (non-hydrogen) atoms. The molecule has 0 radical (unpaired) electrons. The monoisotopic (exact) mass is 182 g/mol. The molecule has 0 aromatic rings. The van der Waals surface area contributed by atoms with Gasteiger partial charge >= 0.3 is 0 Å². The summed E-state index contributed by atoms with van der Waals surface area (Å²) in [5.74, 6) is -0.305. The number of aldehydes is 1. The van der Waals surface area contributed by atoms with Crippen molar-refractivity contribution in [1.29, 1.82) is 0 Å². The van der Waals surface area contributed by atoms with Crippen molar-refractivity contribution in [3.05, 3.63) is 11.6 Å². The third-order valence-corrected chi connectivity index (χ3v) is 2.77. The van der Waals surface area contributed by atoms with Gasteiger partial charge in [-0.1, -0.05) is 5.57 Å². The number of allylic oxidation sites excluding steroid dienone is 2. The Kier molecular flexibility index (Phi) is 2.47. The molecule has 72 valence electrons. The van der Waals surface area contributed by atoms with Gasteiger partial charge in [0.2, 0.25) is 0 Å². The molecule has 2 aliphatic rings. The molecule has 0 unspecified atom stereocenters. The first-order chi connectivity index (χ1) is 6.35. The zero-order valence-electron chi connectivity index (χ0n) is 7.62. The fraction of sp³-hybridized carbons (Fsp3) is 0.700. The summed E-state index contributed by atoms with van der Waals surface area (Å²) in [6.45, 7) is 1.43. The Morgan fingerprint density at radius 2 is 1.77 bits per heavy atom. The zero-order valence-corrected chi connectivity index (χ0v) is 7.62. The van der Waals surface area contributed by atoms with Crippen LogP contribution in [0.5, 0.6) is 0 Å². The molecule has 0 atom stereocenters. The van der Waals surface area contributed by atoms with Crippen LogP contribution in [0, 0.1) is 0 Å². The minimum absolute atomic E-state index is 0.305. The third-order valence-electron chi connectivity index (χ3n) is 2.77. The van der Waals surface area contributed by atoms with Crippen LogP contribution in [0.2, 0.25) is 0 Å². The summed E-state index contributed by atoms with van der Waals surface area (Å²) in [6, 6.07) is 0. The molecule has 0 aromatic carbocycles. The van der Waals surface area contributed by atoms with Crippen molar-refractivity contribution >= 4 is 6.29 Å². The van der Waals surface area contributed by atoms with Crippen LogP contribution in [-0.2, 0) is 14.3 Å². The first-order valence-electron chi connectivity index (χ1n) is 4.76. The van der Waals surface area contributed by atoms with E-state index in [2.05, 4.69) is 0 Å². The molecule has 1 aliphatic carbocycles. The molecule has 0 N–H and O–H groups in total. The lowest BCUT2D eigenvalue weighted by atomic mass is 9.90. The number of carbonyl (C=O) groups excluding carboxylic acids is 1. The van der Waals surface area contributed by atoms with Crippen LogP contribution >= 0.6 is 0 Å². The van der Waals surface area contributed by atoms with Gasteiger partial charge < -0.3 is 9.47 Å². The highest BCUT2D eigenvalue weighted by molar-refractivity contribution is 5.66. The number of hydrogen-bond donors (Lipinski definition) is 0. The first kappa shape index (κ1) is 8.91. The van der Waals surface area contributed by atoms with Crippen LogP contribution in [0.25, 0.3) is 0 Å². The summed E-state index contributed by atoms with van der Waals surface area (Å²) < 4.78 is 11.1. The molecule has 3 nitrogen and oxygen atoms in total. The minimum atomic E-state index is -0.305. The van der Waals surface area contributed by atoms with Crippen LogP contribution < -0.4 is 0 Å². The first-order valence-corrected chi connectivity index (χ1v) is 4.76. The lowest BCUT2D eigenvalue weighted by Gasteiger charge is -2.32. The molecule has 3 heteroatoms. The smallest absolute Gasteiger partial charge is 0.169 e. The van der Waals surface area contributed by atoms with Gasteiger partial charge in [0.25, 0.3) is 0 Å². The second-order valence-electron chi connectivity index (χ2n) is 3.57. The van der Waals surface area contributed by atoms with Crippen LogP contribution in [0.4, 0.5) is 0 Å². The van der Waals surface area contributed by atoms with Gasteiger partial charge in [-0.25, -0.2) is 0 Å². The molecular weight excluding hydrogens is 168 g/mol. The Hall–Kier alpha value is -0.670. The minimum Gasteiger partial charge on any atom is -0.348 e. The molecule has 0 amide bonds. The summed E-state index contributed by atoms with van der Waals surface area (Å²) >= 11 is 0. The van der Waals surface area contributed by atoms with Gasteiger partial charge in [-0.2, -0.15) is 0 Å². The predicted molar refractivity (Wildman–Crippen MR) is 47.3 cm³/mol. The van der Waals surface area contributed by atoms with E-state index in [0.29, 0.717) is 13.2 Å². The van der Waals surface area contributed by atoms with E-state index in [0.717, 1.165) is 32.0 Å². The highest BCUT2D eigenvalue weighted by atomic mass is 16.7. The van der Waals surface area contributed by atoms with Crippen molar-refractivity contribution in [3.8, 4) is 0 Å². The van der Waals surface area contributed by atoms with E-state index in [-0.39, 0.29) is 5.79 Å². The maximum Gasteiger partial charge on any atom is 0.169 e. The van der Waals surface area contributed by atoms with E-state index >= 15 is 0 Å². The molecule has 1 heterocycles. The Morgan fingerprint density at radius 3 is 2.31 bits per heavy atom. The Bertz CT molecular complexity index is 214. The van der Waals surface area contributed by atoms with Crippen LogP contribution in [0.3, 0.4) is 0 Å². The standard InChI is InChI=1S/C10H14O3/c11-6-3-9-1-4-10(5-2-9)12-7-8-13-10/h3,6H,1-2,4-5,7-8H2. The summed E-state index contributed by atoms with van der Waals surface area (Å²) in [5, 5.41) is 0. The van der Waals surface area contributed by atoms with Crippen LogP contribution in [0.15, 0.2) is 11.6 Å². The number of rotatable bonds is 1. The lowest BCUT2D eigenvalue weighted by Crippen LogP contribution is -2.33. The van der Waals surface area contributed by atoms with E-state index < -0.39 is 0 Å². The highest BCUT2D eigenvalue weighted by Gasteiger charge is 2.38. The average molecular weight is 182 g/mol. The second kappa shape index (κ2) is 3.60. The topological polar surface area (TPSA) is 35.5 Å². The molecular formula is C10H14O3. The Labute approximate surface area is 77.7 Å². The number of ether oxygens (including phenoxy) is 2. The second-order valence-corrected chi connectivity index (χ2v) is 3.57. The Balaban J connectivity index is 1.95. The van der Waals surface area contributed by atoms with Crippen molar-refractivity contribution in [2.45, 2.75) is 31.5 Å². The molecule has 1 saturated heterocycles. The van der Waals surface area contributed by atoms with E-state index in [1.165, 1.54) is 5.57 Å². The van der Waals surface area contributed by atoms with Crippen molar-refractivity contribution < 1.29 is 14.3 Å². The molecule has 2 rings (SSSR count). The Morgan fingerprint density at radius 1 is 1.15 bits per heavy atom. The van der Waals surface area contributed by atoms with Crippen molar-refractivity contribution in [2.75, 3.05) is 13.2 Å². The molecule has 2 fully saturated rings. The largest absolute Gasteiger partial charge is 0.348 e.